The summed E-state index contributed by atoms with van der Waals surface area (Å²) in [4.78, 5) is 71.4. The van der Waals surface area contributed by atoms with Crippen molar-refractivity contribution in [2.45, 2.75) is 95.8 Å². The van der Waals surface area contributed by atoms with Crippen LogP contribution in [0, 0.1) is 11.8 Å². The van der Waals surface area contributed by atoms with E-state index in [0.717, 1.165) is 58.0 Å². The van der Waals surface area contributed by atoms with Crippen molar-refractivity contribution in [3.63, 3.8) is 0 Å². The SMILES string of the molecule is CCN(CC(=O)N[C@@H](CC(=O)O)C(=O)N[C@H](C(=O)O)C1CCCCC1)C(=O)CCCC1CC[NH2+]CC1.O=C([O-])C(F)(F)F. The molecule has 2 atom stereocenters. The summed E-state index contributed by atoms with van der Waals surface area (Å²) in [5, 5.41) is 34.8. The molecule has 2 rings (SSSR count). The van der Waals surface area contributed by atoms with Gasteiger partial charge in [0.2, 0.25) is 17.7 Å². The first kappa shape index (κ1) is 37.6. The van der Waals surface area contributed by atoms with Gasteiger partial charge < -0.3 is 41.0 Å². The van der Waals surface area contributed by atoms with E-state index in [2.05, 4.69) is 16.0 Å². The number of likely N-dealkylation sites (N-methyl/N-ethyl adjacent to an activating group) is 1. The molecule has 1 aliphatic carbocycles. The lowest BCUT2D eigenvalue weighted by Crippen LogP contribution is -2.86. The van der Waals surface area contributed by atoms with Crippen LogP contribution < -0.4 is 21.1 Å². The van der Waals surface area contributed by atoms with Crippen LogP contribution in [0.5, 0.6) is 0 Å². The molecular weight excluding hydrogens is 581 g/mol. The molecule has 1 heterocycles. The first-order valence-corrected chi connectivity index (χ1v) is 14.6. The third-order valence-corrected chi connectivity index (χ3v) is 7.58. The summed E-state index contributed by atoms with van der Waals surface area (Å²) in [6.45, 7) is 4.02. The van der Waals surface area contributed by atoms with Gasteiger partial charge in [-0.15, -0.1) is 0 Å². The quantitative estimate of drug-likeness (QED) is 0.167. The largest absolute Gasteiger partial charge is 0.542 e. The van der Waals surface area contributed by atoms with Gasteiger partial charge in [0.05, 0.1) is 26.1 Å². The van der Waals surface area contributed by atoms with Crippen LogP contribution >= 0.6 is 0 Å². The second-order valence-corrected chi connectivity index (χ2v) is 10.8. The molecule has 43 heavy (non-hydrogen) atoms. The van der Waals surface area contributed by atoms with Crippen molar-refractivity contribution in [3.8, 4) is 0 Å². The van der Waals surface area contributed by atoms with Crippen LogP contribution in [0.3, 0.4) is 0 Å². The molecule has 0 aromatic carbocycles. The number of carboxylic acid groups (broad SMARTS) is 3. The van der Waals surface area contributed by atoms with Gasteiger partial charge in [0.25, 0.3) is 0 Å². The van der Waals surface area contributed by atoms with Crippen molar-refractivity contribution in [1.29, 1.82) is 0 Å². The molecule has 0 aromatic rings. The Bertz CT molecular complexity index is 952. The summed E-state index contributed by atoms with van der Waals surface area (Å²) in [6.07, 6.45) is 2.60. The molecule has 6 N–H and O–H groups in total. The summed E-state index contributed by atoms with van der Waals surface area (Å²) < 4.78 is 31.5. The highest BCUT2D eigenvalue weighted by Crippen LogP contribution is 2.27. The van der Waals surface area contributed by atoms with E-state index in [9.17, 15) is 47.4 Å². The maximum absolute atomic E-state index is 12.8. The molecule has 13 nitrogen and oxygen atoms in total. The fourth-order valence-electron chi connectivity index (χ4n) is 5.26. The van der Waals surface area contributed by atoms with Gasteiger partial charge in [-0.1, -0.05) is 19.3 Å². The minimum Gasteiger partial charge on any atom is -0.542 e. The van der Waals surface area contributed by atoms with E-state index in [1.165, 1.54) is 4.90 Å². The molecule has 246 valence electrons. The number of nitrogens with two attached hydrogens (primary N) is 1. The van der Waals surface area contributed by atoms with Crippen molar-refractivity contribution in [1.82, 2.24) is 15.5 Å². The molecule has 16 heteroatoms. The first-order chi connectivity index (χ1) is 20.1. The predicted molar refractivity (Wildman–Crippen MR) is 142 cm³/mol. The summed E-state index contributed by atoms with van der Waals surface area (Å²) in [7, 11) is 0. The van der Waals surface area contributed by atoms with E-state index in [0.29, 0.717) is 31.7 Å². The fraction of sp³-hybridized carbons (Fsp3) is 0.778. The third-order valence-electron chi connectivity index (χ3n) is 7.58. The van der Waals surface area contributed by atoms with E-state index < -0.39 is 54.4 Å². The number of carbonyl (C=O) groups is 6. The number of alkyl halides is 3. The average molecular weight is 625 g/mol. The molecular formula is C27H43F3N4O9. The number of quaternary nitrogens is 1. The van der Waals surface area contributed by atoms with E-state index in [4.69, 9.17) is 9.90 Å². The summed E-state index contributed by atoms with van der Waals surface area (Å²) in [5.74, 6) is -6.73. The minimum atomic E-state index is -5.19. The lowest BCUT2D eigenvalue weighted by Gasteiger charge is -2.29. The summed E-state index contributed by atoms with van der Waals surface area (Å²) in [6, 6.07) is -2.57. The Morgan fingerprint density at radius 3 is 2.05 bits per heavy atom. The smallest absolute Gasteiger partial charge is 0.430 e. The van der Waals surface area contributed by atoms with Gasteiger partial charge >= 0.3 is 18.1 Å². The number of aliphatic carboxylic acids is 3. The molecule has 0 radical (unpaired) electrons. The number of hydrogen-bond acceptors (Lipinski definition) is 7. The normalized spacial score (nSPS) is 17.4. The molecule has 0 unspecified atom stereocenters. The molecule has 1 saturated carbocycles. The molecule has 0 spiro atoms. The predicted octanol–water partition coefficient (Wildman–Crippen LogP) is -0.614. The molecule has 3 amide bonds. The number of carbonyl (C=O) groups excluding carboxylic acids is 4. The van der Waals surface area contributed by atoms with E-state index in [1.807, 2.05) is 0 Å². The average Bonchev–Trinajstić information content (AvgIpc) is 2.94. The van der Waals surface area contributed by atoms with E-state index >= 15 is 0 Å². The maximum Gasteiger partial charge on any atom is 0.430 e. The minimum absolute atomic E-state index is 0.155. The second-order valence-electron chi connectivity index (χ2n) is 10.8. The van der Waals surface area contributed by atoms with Crippen LogP contribution in [-0.4, -0.2) is 95.2 Å². The van der Waals surface area contributed by atoms with Crippen LogP contribution in [-0.2, 0) is 28.8 Å². The number of halogens is 3. The third kappa shape index (κ3) is 15.0. The van der Waals surface area contributed by atoms with Gasteiger partial charge in [-0.25, -0.2) is 4.79 Å². The van der Waals surface area contributed by atoms with Gasteiger partial charge in [0.15, 0.2) is 0 Å². The zero-order chi connectivity index (χ0) is 32.6. The van der Waals surface area contributed by atoms with Crippen molar-refractivity contribution in [3.05, 3.63) is 0 Å². The topological polar surface area (TPSA) is 210 Å². The number of rotatable bonds is 14. The highest BCUT2D eigenvalue weighted by molar-refractivity contribution is 5.94. The summed E-state index contributed by atoms with van der Waals surface area (Å²) in [5.41, 5.74) is 0. The Balaban J connectivity index is 0.00000117. The van der Waals surface area contributed by atoms with Gasteiger partial charge in [-0.3, -0.25) is 19.2 Å². The summed E-state index contributed by atoms with van der Waals surface area (Å²) >= 11 is 0. The fourth-order valence-corrected chi connectivity index (χ4v) is 5.26. The molecule has 0 bridgehead atoms. The molecule has 0 aromatic heterocycles. The zero-order valence-electron chi connectivity index (χ0n) is 24.3. The Morgan fingerprint density at radius 1 is 0.977 bits per heavy atom. The van der Waals surface area contributed by atoms with Gasteiger partial charge in [-0.2, -0.15) is 13.2 Å². The van der Waals surface area contributed by atoms with E-state index in [1.54, 1.807) is 6.92 Å². The standard InChI is InChI=1S/C25H42N4O7.C2HF3O2/c1-2-29(21(31)10-6-7-17-11-13-26-14-12-17)16-20(30)27-19(15-22(32)33)24(34)28-23(25(35)36)18-8-4-3-5-9-18;3-2(4,5)1(6)7/h17-19,23,26H,2-16H2,1H3,(H,27,30)(H,28,34)(H,32,33)(H,35,36);(H,6,7)/t19-,23-;/m0./s1. The van der Waals surface area contributed by atoms with Crippen LogP contribution in [0.4, 0.5) is 13.2 Å². The number of nitrogens with one attached hydrogen (secondary N) is 2. The highest BCUT2D eigenvalue weighted by atomic mass is 19.4. The highest BCUT2D eigenvalue weighted by Gasteiger charge is 2.34. The lowest BCUT2D eigenvalue weighted by atomic mass is 9.83. The maximum atomic E-state index is 12.8. The Hall–Kier alpha value is -3.43. The molecule has 2 fully saturated rings. The van der Waals surface area contributed by atoms with E-state index in [-0.39, 0.29) is 18.4 Å². The Kier molecular flexibility index (Phi) is 16.6. The van der Waals surface area contributed by atoms with Gasteiger partial charge in [0, 0.05) is 13.0 Å². The monoisotopic (exact) mass is 624 g/mol. The zero-order valence-corrected chi connectivity index (χ0v) is 24.3. The Labute approximate surface area is 247 Å². The second kappa shape index (κ2) is 19.0. The first-order valence-electron chi connectivity index (χ1n) is 14.6. The van der Waals surface area contributed by atoms with Crippen molar-refractivity contribution in [2.75, 3.05) is 26.2 Å². The Morgan fingerprint density at radius 2 is 1.56 bits per heavy atom. The molecule has 1 aliphatic heterocycles. The number of hydrogen-bond donors (Lipinski definition) is 5. The number of amides is 3. The van der Waals surface area contributed by atoms with Crippen molar-refractivity contribution < 1.29 is 62.6 Å². The number of nitrogens with zero attached hydrogens (tertiary/aromatic N) is 1. The molecule has 1 saturated heterocycles. The lowest BCUT2D eigenvalue weighted by molar-refractivity contribution is -0.664. The number of carboxylic acids is 3. The van der Waals surface area contributed by atoms with Crippen molar-refractivity contribution >= 4 is 35.6 Å². The van der Waals surface area contributed by atoms with Gasteiger partial charge in [-0.05, 0) is 57.3 Å². The van der Waals surface area contributed by atoms with Crippen LogP contribution in [0.2, 0.25) is 0 Å². The van der Waals surface area contributed by atoms with Crippen LogP contribution in [0.1, 0.15) is 77.6 Å². The van der Waals surface area contributed by atoms with Gasteiger partial charge in [0.1, 0.15) is 18.1 Å². The molecule has 2 aliphatic rings. The van der Waals surface area contributed by atoms with Crippen molar-refractivity contribution in [2.24, 2.45) is 11.8 Å². The number of piperidine rings is 1. The van der Waals surface area contributed by atoms with Crippen LogP contribution in [0.15, 0.2) is 0 Å². The van der Waals surface area contributed by atoms with Crippen LogP contribution in [0.25, 0.3) is 0 Å².